The van der Waals surface area contributed by atoms with Crippen molar-refractivity contribution >= 4 is 11.8 Å². The molecule has 1 N–H and O–H groups in total. The first-order valence-corrected chi connectivity index (χ1v) is 7.91. The Kier molecular flexibility index (Phi) is 5.06. The van der Waals surface area contributed by atoms with E-state index in [9.17, 15) is 5.11 Å². The van der Waals surface area contributed by atoms with Crippen LogP contribution in [0.4, 0.5) is 0 Å². The Morgan fingerprint density at radius 2 is 2.00 bits per heavy atom. The Morgan fingerprint density at radius 3 is 2.67 bits per heavy atom. The number of nitrogens with zero attached hydrogens (tertiary/aromatic N) is 3. The third kappa shape index (κ3) is 3.26. The van der Waals surface area contributed by atoms with Crippen LogP contribution in [0.3, 0.4) is 0 Å². The minimum absolute atomic E-state index is 0.104. The molecular formula is C13H23N3OS. The number of hydrogen-bond donors (Lipinski definition) is 1. The minimum atomic E-state index is -0.104. The number of rotatable bonds is 5. The van der Waals surface area contributed by atoms with E-state index in [1.807, 2.05) is 0 Å². The van der Waals surface area contributed by atoms with Crippen LogP contribution in [0.5, 0.6) is 0 Å². The molecule has 1 aliphatic rings. The molecule has 4 nitrogen and oxygen atoms in total. The van der Waals surface area contributed by atoms with Gasteiger partial charge in [-0.15, -0.1) is 10.2 Å². The number of aromatic nitrogens is 3. The Bertz CT molecular complexity index is 372. The average Bonchev–Trinajstić information content (AvgIpc) is 2.73. The molecule has 1 saturated carbocycles. The molecule has 0 aromatic carbocycles. The van der Waals surface area contributed by atoms with E-state index in [0.29, 0.717) is 5.92 Å². The van der Waals surface area contributed by atoms with Crippen LogP contribution in [-0.2, 0) is 7.05 Å². The normalized spacial score (nSPS) is 24.4. The fraction of sp³-hybridized carbons (Fsp3) is 0.846. The van der Waals surface area contributed by atoms with Crippen LogP contribution in [0.1, 0.15) is 57.2 Å². The summed E-state index contributed by atoms with van der Waals surface area (Å²) in [6, 6.07) is 0. The Balaban J connectivity index is 1.97. The summed E-state index contributed by atoms with van der Waals surface area (Å²) >= 11 is 1.80. The highest BCUT2D eigenvalue weighted by Crippen LogP contribution is 2.32. The van der Waals surface area contributed by atoms with Crippen LogP contribution in [0.25, 0.3) is 0 Å². The second-order valence-corrected chi connectivity index (χ2v) is 6.17. The first-order valence-electron chi connectivity index (χ1n) is 6.92. The lowest BCUT2D eigenvalue weighted by molar-refractivity contribution is 0.120. The molecule has 18 heavy (non-hydrogen) atoms. The summed E-state index contributed by atoms with van der Waals surface area (Å²) in [4.78, 5) is 0. The standard InChI is InChI=1S/C13H23N3OS/c1-3-4-9-18-13-15-14-12(16(13)2)10-5-7-11(17)8-6-10/h10-11,17H,3-9H2,1-2H3. The molecule has 1 fully saturated rings. The molecule has 5 heteroatoms. The van der Waals surface area contributed by atoms with E-state index in [-0.39, 0.29) is 6.10 Å². The minimum Gasteiger partial charge on any atom is -0.393 e. The quantitative estimate of drug-likeness (QED) is 0.659. The van der Waals surface area contributed by atoms with Crippen LogP contribution in [0.15, 0.2) is 5.16 Å². The van der Waals surface area contributed by atoms with E-state index >= 15 is 0 Å². The summed E-state index contributed by atoms with van der Waals surface area (Å²) in [6.07, 6.45) is 6.21. The average molecular weight is 269 g/mol. The third-order valence-corrected chi connectivity index (χ3v) is 4.77. The van der Waals surface area contributed by atoms with E-state index < -0.39 is 0 Å². The predicted octanol–water partition coefficient (Wildman–Crippen LogP) is 2.73. The SMILES string of the molecule is CCCCSc1nnc(C2CCC(O)CC2)n1C. The molecule has 0 amide bonds. The van der Waals surface area contributed by atoms with Crippen molar-refractivity contribution in [2.24, 2.45) is 7.05 Å². The van der Waals surface area contributed by atoms with E-state index in [4.69, 9.17) is 0 Å². The Labute approximate surface area is 113 Å². The van der Waals surface area contributed by atoms with Crippen molar-refractivity contribution < 1.29 is 5.11 Å². The summed E-state index contributed by atoms with van der Waals surface area (Å²) in [5, 5.41) is 19.2. The maximum atomic E-state index is 9.54. The van der Waals surface area contributed by atoms with Gasteiger partial charge in [0, 0.05) is 18.7 Å². The molecule has 102 valence electrons. The van der Waals surface area contributed by atoms with Gasteiger partial charge in [0.1, 0.15) is 5.82 Å². The van der Waals surface area contributed by atoms with E-state index in [0.717, 1.165) is 42.4 Å². The number of aliphatic hydroxyl groups excluding tert-OH is 1. The van der Waals surface area contributed by atoms with Gasteiger partial charge in [0.25, 0.3) is 0 Å². The van der Waals surface area contributed by atoms with Crippen molar-refractivity contribution in [3.05, 3.63) is 5.82 Å². The molecule has 0 bridgehead atoms. The van der Waals surface area contributed by atoms with Crippen LogP contribution in [-0.4, -0.2) is 31.7 Å². The summed E-state index contributed by atoms with van der Waals surface area (Å²) in [5.41, 5.74) is 0. The highest BCUT2D eigenvalue weighted by molar-refractivity contribution is 7.99. The summed E-state index contributed by atoms with van der Waals surface area (Å²) < 4.78 is 2.14. The highest BCUT2D eigenvalue weighted by Gasteiger charge is 2.25. The lowest BCUT2D eigenvalue weighted by atomic mass is 9.87. The lowest BCUT2D eigenvalue weighted by Crippen LogP contribution is -2.19. The molecule has 0 radical (unpaired) electrons. The lowest BCUT2D eigenvalue weighted by Gasteiger charge is -2.24. The van der Waals surface area contributed by atoms with Gasteiger partial charge >= 0.3 is 0 Å². The van der Waals surface area contributed by atoms with Gasteiger partial charge in [-0.05, 0) is 32.1 Å². The molecule has 0 unspecified atom stereocenters. The van der Waals surface area contributed by atoms with E-state index in [1.54, 1.807) is 11.8 Å². The predicted molar refractivity (Wildman–Crippen MR) is 73.9 cm³/mol. The molecule has 0 saturated heterocycles. The maximum Gasteiger partial charge on any atom is 0.190 e. The van der Waals surface area contributed by atoms with Gasteiger partial charge in [0.15, 0.2) is 5.16 Å². The van der Waals surface area contributed by atoms with Crippen LogP contribution in [0, 0.1) is 0 Å². The van der Waals surface area contributed by atoms with Crippen molar-refractivity contribution in [3.63, 3.8) is 0 Å². The topological polar surface area (TPSA) is 50.9 Å². The molecular weight excluding hydrogens is 246 g/mol. The molecule has 0 atom stereocenters. The molecule has 0 aliphatic heterocycles. The van der Waals surface area contributed by atoms with Gasteiger partial charge in [-0.3, -0.25) is 0 Å². The largest absolute Gasteiger partial charge is 0.393 e. The van der Waals surface area contributed by atoms with Gasteiger partial charge in [0.05, 0.1) is 6.10 Å². The second-order valence-electron chi connectivity index (χ2n) is 5.11. The fourth-order valence-electron chi connectivity index (χ4n) is 2.45. The fourth-order valence-corrected chi connectivity index (χ4v) is 3.45. The zero-order valence-corrected chi connectivity index (χ0v) is 12.1. The molecule has 1 heterocycles. The van der Waals surface area contributed by atoms with Crippen molar-refractivity contribution in [2.45, 2.75) is 62.6 Å². The summed E-state index contributed by atoms with van der Waals surface area (Å²) in [7, 11) is 2.06. The van der Waals surface area contributed by atoms with Crippen LogP contribution < -0.4 is 0 Å². The smallest absolute Gasteiger partial charge is 0.190 e. The highest BCUT2D eigenvalue weighted by atomic mass is 32.2. The zero-order chi connectivity index (χ0) is 13.0. The first kappa shape index (κ1) is 13.9. The van der Waals surface area contributed by atoms with Crippen LogP contribution in [0.2, 0.25) is 0 Å². The third-order valence-electron chi connectivity index (χ3n) is 3.66. The van der Waals surface area contributed by atoms with Crippen molar-refractivity contribution in [3.8, 4) is 0 Å². The molecule has 1 aromatic heterocycles. The summed E-state index contributed by atoms with van der Waals surface area (Å²) in [5.74, 6) is 2.69. The number of unbranched alkanes of at least 4 members (excludes halogenated alkanes) is 1. The van der Waals surface area contributed by atoms with Gasteiger partial charge in [-0.1, -0.05) is 25.1 Å². The molecule has 1 aliphatic carbocycles. The van der Waals surface area contributed by atoms with Crippen LogP contribution >= 0.6 is 11.8 Å². The van der Waals surface area contributed by atoms with Gasteiger partial charge in [-0.2, -0.15) is 0 Å². The van der Waals surface area contributed by atoms with Gasteiger partial charge < -0.3 is 9.67 Å². The van der Waals surface area contributed by atoms with Crippen molar-refractivity contribution in [1.82, 2.24) is 14.8 Å². The number of thioether (sulfide) groups is 1. The number of aliphatic hydroxyl groups is 1. The van der Waals surface area contributed by atoms with Crippen molar-refractivity contribution in [2.75, 3.05) is 5.75 Å². The van der Waals surface area contributed by atoms with Gasteiger partial charge in [0.2, 0.25) is 0 Å². The Morgan fingerprint density at radius 1 is 1.28 bits per heavy atom. The van der Waals surface area contributed by atoms with Crippen molar-refractivity contribution in [1.29, 1.82) is 0 Å². The monoisotopic (exact) mass is 269 g/mol. The number of hydrogen-bond acceptors (Lipinski definition) is 4. The maximum absolute atomic E-state index is 9.54. The molecule has 0 spiro atoms. The summed E-state index contributed by atoms with van der Waals surface area (Å²) in [6.45, 7) is 2.20. The molecule has 1 aromatic rings. The van der Waals surface area contributed by atoms with Gasteiger partial charge in [-0.25, -0.2) is 0 Å². The van der Waals surface area contributed by atoms with E-state index in [2.05, 4.69) is 28.7 Å². The molecule has 2 rings (SSSR count). The second kappa shape index (κ2) is 6.57. The first-order chi connectivity index (χ1) is 8.72. The van der Waals surface area contributed by atoms with E-state index in [1.165, 1.54) is 12.8 Å². The Hall–Kier alpha value is -0.550. The zero-order valence-electron chi connectivity index (χ0n) is 11.3.